The molecule has 0 aromatic rings. The molecule has 2 fully saturated rings. The maximum Gasteiger partial charge on any atom is 0.0729 e. The molecule has 0 radical (unpaired) electrons. The van der Waals surface area contributed by atoms with Crippen molar-refractivity contribution in [3.05, 3.63) is 0 Å². The predicted octanol–water partition coefficient (Wildman–Crippen LogP) is 2.57. The number of ether oxygens (including phenoxy) is 1. The van der Waals surface area contributed by atoms with Crippen LogP contribution in [0.25, 0.3) is 0 Å². The molecular weight excluding hydrogens is 186 g/mol. The van der Waals surface area contributed by atoms with E-state index in [1.165, 1.54) is 32.1 Å². The molecule has 2 nitrogen and oxygen atoms in total. The third-order valence-corrected chi connectivity index (χ3v) is 4.58. The van der Waals surface area contributed by atoms with Crippen LogP contribution in [0, 0.1) is 17.8 Å². The Hall–Kier alpha value is -0.0800. The van der Waals surface area contributed by atoms with E-state index < -0.39 is 0 Å². The maximum absolute atomic E-state index is 6.34. The Morgan fingerprint density at radius 1 is 1.13 bits per heavy atom. The highest BCUT2D eigenvalue weighted by atomic mass is 16.5. The van der Waals surface area contributed by atoms with Gasteiger partial charge in [0.05, 0.1) is 6.10 Å². The van der Waals surface area contributed by atoms with Crippen molar-refractivity contribution in [3.63, 3.8) is 0 Å². The second kappa shape index (κ2) is 4.84. The van der Waals surface area contributed by atoms with Gasteiger partial charge in [0.15, 0.2) is 0 Å². The molecule has 2 N–H and O–H groups in total. The van der Waals surface area contributed by atoms with E-state index >= 15 is 0 Å². The number of hydrogen-bond donors (Lipinski definition) is 1. The van der Waals surface area contributed by atoms with Gasteiger partial charge in [0.2, 0.25) is 0 Å². The van der Waals surface area contributed by atoms with E-state index in [1.54, 1.807) is 0 Å². The monoisotopic (exact) mass is 211 g/mol. The van der Waals surface area contributed by atoms with Crippen LogP contribution < -0.4 is 5.73 Å². The van der Waals surface area contributed by atoms with Gasteiger partial charge in [-0.3, -0.25) is 0 Å². The van der Waals surface area contributed by atoms with Crippen molar-refractivity contribution in [2.45, 2.75) is 58.1 Å². The minimum atomic E-state index is 0.294. The quantitative estimate of drug-likeness (QED) is 0.762. The van der Waals surface area contributed by atoms with E-state index in [9.17, 15) is 0 Å². The molecule has 5 unspecified atom stereocenters. The average molecular weight is 211 g/mol. The fourth-order valence-corrected chi connectivity index (χ4v) is 3.15. The predicted molar refractivity (Wildman–Crippen MR) is 62.6 cm³/mol. The van der Waals surface area contributed by atoms with Crippen molar-refractivity contribution >= 4 is 0 Å². The summed E-state index contributed by atoms with van der Waals surface area (Å²) in [4.78, 5) is 0. The van der Waals surface area contributed by atoms with Crippen LogP contribution in [-0.4, -0.2) is 18.8 Å². The van der Waals surface area contributed by atoms with Gasteiger partial charge in [-0.2, -0.15) is 0 Å². The average Bonchev–Trinajstić information content (AvgIpc) is 2.74. The first-order valence-corrected chi connectivity index (χ1v) is 6.55. The van der Waals surface area contributed by atoms with E-state index in [4.69, 9.17) is 10.5 Å². The van der Waals surface area contributed by atoms with Crippen molar-refractivity contribution in [2.24, 2.45) is 23.5 Å². The molecule has 0 spiro atoms. The van der Waals surface area contributed by atoms with Crippen molar-refractivity contribution in [1.29, 1.82) is 0 Å². The molecule has 1 saturated carbocycles. The van der Waals surface area contributed by atoms with Crippen LogP contribution in [0.5, 0.6) is 0 Å². The lowest BCUT2D eigenvalue weighted by molar-refractivity contribution is 0.0529. The lowest BCUT2D eigenvalue weighted by Crippen LogP contribution is -2.43. The van der Waals surface area contributed by atoms with Crippen LogP contribution in [0.3, 0.4) is 0 Å². The third kappa shape index (κ3) is 2.54. The Morgan fingerprint density at radius 3 is 2.53 bits per heavy atom. The largest absolute Gasteiger partial charge is 0.377 e. The van der Waals surface area contributed by atoms with E-state index in [0.717, 1.165) is 18.4 Å². The van der Waals surface area contributed by atoms with Crippen LogP contribution >= 0.6 is 0 Å². The van der Waals surface area contributed by atoms with Gasteiger partial charge >= 0.3 is 0 Å². The normalized spacial score (nSPS) is 44.2. The fourth-order valence-electron chi connectivity index (χ4n) is 3.15. The third-order valence-electron chi connectivity index (χ3n) is 4.58. The van der Waals surface area contributed by atoms with Crippen LogP contribution in [0.1, 0.15) is 46.0 Å². The highest BCUT2D eigenvalue weighted by molar-refractivity contribution is 4.87. The van der Waals surface area contributed by atoms with Crippen molar-refractivity contribution in [3.8, 4) is 0 Å². The van der Waals surface area contributed by atoms with Crippen molar-refractivity contribution < 1.29 is 4.74 Å². The standard InChI is InChI=1S/C13H25NO/c1-9-5-6-11(8-10(9)2)13(14)12-4-3-7-15-12/h9-13H,3-8,14H2,1-2H3. The molecule has 1 saturated heterocycles. The molecule has 2 rings (SSSR count). The van der Waals surface area contributed by atoms with Crippen LogP contribution in [-0.2, 0) is 4.74 Å². The molecular formula is C13H25NO. The van der Waals surface area contributed by atoms with Crippen LogP contribution in [0.4, 0.5) is 0 Å². The van der Waals surface area contributed by atoms with Crippen LogP contribution in [0.2, 0.25) is 0 Å². The summed E-state index contributed by atoms with van der Waals surface area (Å²) in [6.45, 7) is 5.68. The highest BCUT2D eigenvalue weighted by Crippen LogP contribution is 2.36. The number of hydrogen-bond acceptors (Lipinski definition) is 2. The summed E-state index contributed by atoms with van der Waals surface area (Å²) in [7, 11) is 0. The minimum absolute atomic E-state index is 0.294. The molecule has 1 heterocycles. The summed E-state index contributed by atoms with van der Waals surface area (Å²) >= 11 is 0. The molecule has 2 aliphatic rings. The minimum Gasteiger partial charge on any atom is -0.377 e. The van der Waals surface area contributed by atoms with E-state index in [-0.39, 0.29) is 0 Å². The van der Waals surface area contributed by atoms with Gasteiger partial charge < -0.3 is 10.5 Å². The van der Waals surface area contributed by atoms with Gasteiger partial charge in [0.1, 0.15) is 0 Å². The van der Waals surface area contributed by atoms with Gasteiger partial charge in [0.25, 0.3) is 0 Å². The Balaban J connectivity index is 1.87. The van der Waals surface area contributed by atoms with E-state index in [0.29, 0.717) is 18.1 Å². The zero-order chi connectivity index (χ0) is 10.8. The van der Waals surface area contributed by atoms with Crippen molar-refractivity contribution in [1.82, 2.24) is 0 Å². The maximum atomic E-state index is 6.34. The molecule has 1 aliphatic heterocycles. The summed E-state index contributed by atoms with van der Waals surface area (Å²) in [6.07, 6.45) is 6.72. The number of nitrogens with two attached hydrogens (primary N) is 1. The first-order valence-electron chi connectivity index (χ1n) is 6.55. The fraction of sp³-hybridized carbons (Fsp3) is 1.00. The van der Waals surface area contributed by atoms with E-state index in [1.807, 2.05) is 0 Å². The summed E-state index contributed by atoms with van der Waals surface area (Å²) in [6, 6.07) is 0.294. The zero-order valence-corrected chi connectivity index (χ0v) is 10.1. The van der Waals surface area contributed by atoms with Crippen molar-refractivity contribution in [2.75, 3.05) is 6.61 Å². The Labute approximate surface area is 93.6 Å². The van der Waals surface area contributed by atoms with Gasteiger partial charge in [-0.15, -0.1) is 0 Å². The van der Waals surface area contributed by atoms with Gasteiger partial charge in [-0.25, -0.2) is 0 Å². The SMILES string of the molecule is CC1CCC(C(N)C2CCCO2)CC1C. The molecule has 0 bridgehead atoms. The Kier molecular flexibility index (Phi) is 3.68. The second-order valence-electron chi connectivity index (χ2n) is 5.66. The molecule has 1 aliphatic carbocycles. The van der Waals surface area contributed by atoms with Gasteiger partial charge in [-0.05, 0) is 43.4 Å². The smallest absolute Gasteiger partial charge is 0.0729 e. The summed E-state index contributed by atoms with van der Waals surface area (Å²) in [5.74, 6) is 2.44. The topological polar surface area (TPSA) is 35.2 Å². The lowest BCUT2D eigenvalue weighted by Gasteiger charge is -2.37. The molecule has 2 heteroatoms. The summed E-state index contributed by atoms with van der Waals surface area (Å²) < 4.78 is 5.71. The molecule has 88 valence electrons. The van der Waals surface area contributed by atoms with Gasteiger partial charge in [0, 0.05) is 12.6 Å². The Morgan fingerprint density at radius 2 is 1.93 bits per heavy atom. The molecule has 5 atom stereocenters. The second-order valence-corrected chi connectivity index (χ2v) is 5.66. The first kappa shape index (κ1) is 11.4. The molecule has 0 aromatic heterocycles. The first-order chi connectivity index (χ1) is 7.18. The van der Waals surface area contributed by atoms with Gasteiger partial charge in [-0.1, -0.05) is 20.3 Å². The molecule has 15 heavy (non-hydrogen) atoms. The van der Waals surface area contributed by atoms with Crippen LogP contribution in [0.15, 0.2) is 0 Å². The summed E-state index contributed by atoms with van der Waals surface area (Å²) in [5.41, 5.74) is 6.34. The molecule has 0 amide bonds. The van der Waals surface area contributed by atoms with E-state index in [2.05, 4.69) is 13.8 Å². The highest BCUT2D eigenvalue weighted by Gasteiger charge is 2.33. The summed E-state index contributed by atoms with van der Waals surface area (Å²) in [5, 5.41) is 0. The zero-order valence-electron chi connectivity index (χ0n) is 10.1. The lowest BCUT2D eigenvalue weighted by atomic mass is 9.72. The molecule has 0 aromatic carbocycles. The number of rotatable bonds is 2. The Bertz CT molecular complexity index is 201.